The monoisotopic (exact) mass is 469 g/mol. The molecule has 0 saturated heterocycles. The molecule has 33 heavy (non-hydrogen) atoms. The van der Waals surface area contributed by atoms with E-state index >= 15 is 0 Å². The Labute approximate surface area is 180 Å². The fourth-order valence-electron chi connectivity index (χ4n) is 3.51. The predicted molar refractivity (Wildman–Crippen MR) is 105 cm³/mol. The molecule has 2 aromatic heterocycles. The lowest BCUT2D eigenvalue weighted by atomic mass is 9.87. The van der Waals surface area contributed by atoms with Crippen LogP contribution < -0.4 is 16.6 Å². The maximum atomic E-state index is 14.2. The molecule has 0 aliphatic carbocycles. The van der Waals surface area contributed by atoms with E-state index in [1.165, 1.54) is 54.7 Å². The van der Waals surface area contributed by atoms with Gasteiger partial charge >= 0.3 is 18.0 Å². The molecule has 0 bridgehead atoms. The van der Waals surface area contributed by atoms with Crippen LogP contribution >= 0.6 is 0 Å². The zero-order valence-corrected chi connectivity index (χ0v) is 16.3. The van der Waals surface area contributed by atoms with E-state index in [0.29, 0.717) is 4.57 Å². The van der Waals surface area contributed by atoms with Crippen molar-refractivity contribution >= 4 is 11.7 Å². The molecule has 2 N–H and O–H groups in total. The number of rotatable bonds is 3. The van der Waals surface area contributed by atoms with Gasteiger partial charge in [-0.15, -0.1) is 0 Å². The van der Waals surface area contributed by atoms with E-state index in [1.807, 2.05) is 0 Å². The van der Waals surface area contributed by atoms with Crippen molar-refractivity contribution in [2.75, 3.05) is 5.32 Å². The minimum absolute atomic E-state index is 0.113. The van der Waals surface area contributed by atoms with Crippen molar-refractivity contribution in [3.63, 3.8) is 0 Å². The molecule has 3 heterocycles. The predicted octanol–water partition coefficient (Wildman–Crippen LogP) is 3.17. The second-order valence-corrected chi connectivity index (χ2v) is 7.05. The Bertz CT molecular complexity index is 1310. The number of aromatic nitrogens is 3. The van der Waals surface area contributed by atoms with Crippen LogP contribution in [0.15, 0.2) is 69.3 Å². The molecule has 13 heteroatoms. The van der Waals surface area contributed by atoms with Gasteiger partial charge in [0, 0.05) is 11.8 Å². The summed E-state index contributed by atoms with van der Waals surface area (Å²) >= 11 is 0. The molecule has 0 spiro atoms. The molecule has 172 valence electrons. The van der Waals surface area contributed by atoms with E-state index in [2.05, 4.69) is 15.3 Å². The number of pyridine rings is 1. The van der Waals surface area contributed by atoms with E-state index in [4.69, 9.17) is 0 Å². The Hall–Kier alpha value is -3.90. The minimum atomic E-state index is -6.07. The summed E-state index contributed by atoms with van der Waals surface area (Å²) in [5, 5.41) is 2.35. The first-order valence-electron chi connectivity index (χ1n) is 9.29. The van der Waals surface area contributed by atoms with E-state index in [9.17, 15) is 35.9 Å². The van der Waals surface area contributed by atoms with Crippen LogP contribution in [0.25, 0.3) is 0 Å². The van der Waals surface area contributed by atoms with E-state index in [1.54, 1.807) is 4.98 Å². The van der Waals surface area contributed by atoms with Crippen molar-refractivity contribution in [2.45, 2.75) is 24.4 Å². The summed E-state index contributed by atoms with van der Waals surface area (Å²) in [6, 6.07) is 11.2. The van der Waals surface area contributed by atoms with Crippen molar-refractivity contribution in [3.8, 4) is 0 Å². The van der Waals surface area contributed by atoms with Gasteiger partial charge in [-0.25, -0.2) is 9.79 Å². The summed E-state index contributed by atoms with van der Waals surface area (Å²) in [5.41, 5.74) is -9.73. The van der Waals surface area contributed by atoms with Crippen molar-refractivity contribution in [1.82, 2.24) is 14.5 Å². The Morgan fingerprint density at radius 3 is 2.12 bits per heavy atom. The average molecular weight is 469 g/mol. The largest absolute Gasteiger partial charge is 0.427 e. The second-order valence-electron chi connectivity index (χ2n) is 7.05. The average Bonchev–Trinajstić information content (AvgIpc) is 2.75. The molecular weight excluding hydrogens is 456 g/mol. The number of fused-ring (bicyclic) bond motifs is 1. The highest BCUT2D eigenvalue weighted by atomic mass is 19.4. The van der Waals surface area contributed by atoms with Gasteiger partial charge in [0.25, 0.3) is 11.1 Å². The summed E-state index contributed by atoms with van der Waals surface area (Å²) in [7, 11) is 0. The van der Waals surface area contributed by atoms with Gasteiger partial charge in [-0.3, -0.25) is 19.3 Å². The Morgan fingerprint density at radius 2 is 1.55 bits per heavy atom. The SMILES string of the molecule is O=c1[nH]c(=O)n(Cc2ccccn2)c2c1C(C(F)(F)F)(C(F)(F)F)N=C(c1ccccc1)N2. The van der Waals surface area contributed by atoms with Gasteiger partial charge in [0.15, 0.2) is 0 Å². The molecule has 0 atom stereocenters. The highest BCUT2D eigenvalue weighted by Gasteiger charge is 2.75. The van der Waals surface area contributed by atoms with Crippen molar-refractivity contribution in [1.29, 1.82) is 0 Å². The smallest absolute Gasteiger partial charge is 0.326 e. The molecule has 0 radical (unpaired) electrons. The summed E-state index contributed by atoms with van der Waals surface area (Å²) < 4.78 is 85.7. The lowest BCUT2D eigenvalue weighted by Gasteiger charge is -2.38. The lowest BCUT2D eigenvalue weighted by Crippen LogP contribution is -2.59. The van der Waals surface area contributed by atoms with Crippen LogP contribution in [-0.4, -0.2) is 32.7 Å². The van der Waals surface area contributed by atoms with Gasteiger partial charge < -0.3 is 5.32 Å². The zero-order chi connectivity index (χ0) is 24.0. The van der Waals surface area contributed by atoms with Crippen LogP contribution in [0.2, 0.25) is 0 Å². The third-order valence-corrected chi connectivity index (χ3v) is 4.99. The zero-order valence-electron chi connectivity index (χ0n) is 16.3. The molecule has 0 unspecified atom stereocenters. The van der Waals surface area contributed by atoms with Gasteiger partial charge in [-0.05, 0) is 12.1 Å². The number of alkyl halides is 6. The molecule has 0 amide bonds. The van der Waals surface area contributed by atoms with Gasteiger partial charge in [0.05, 0.1) is 12.2 Å². The van der Waals surface area contributed by atoms with Crippen LogP contribution in [0, 0.1) is 0 Å². The summed E-state index contributed by atoms with van der Waals surface area (Å²) in [4.78, 5) is 33.5. The molecular formula is C20H13F6N5O2. The summed E-state index contributed by atoms with van der Waals surface area (Å²) in [6.45, 7) is -0.514. The van der Waals surface area contributed by atoms with Crippen LogP contribution in [0.3, 0.4) is 0 Å². The van der Waals surface area contributed by atoms with Crippen molar-refractivity contribution in [3.05, 3.63) is 92.4 Å². The molecule has 0 saturated carbocycles. The number of hydrogen-bond acceptors (Lipinski definition) is 5. The van der Waals surface area contributed by atoms with Gasteiger partial charge in [-0.1, -0.05) is 36.4 Å². The lowest BCUT2D eigenvalue weighted by molar-refractivity contribution is -0.301. The van der Waals surface area contributed by atoms with E-state index < -0.39 is 52.9 Å². The first-order chi connectivity index (χ1) is 15.5. The Kier molecular flexibility index (Phi) is 5.14. The highest BCUT2D eigenvalue weighted by Crippen LogP contribution is 2.55. The standard InChI is InChI=1S/C20H13F6N5O2/c21-19(22,23)18(20(24,25)26)13-15(28-14(30-18)11-6-2-1-3-7-11)31(17(33)29-16(13)32)10-12-8-4-5-9-27-12/h1-9H,10H2,(H,28,30)(H,29,32,33). The molecule has 1 aliphatic heterocycles. The number of amidine groups is 1. The van der Waals surface area contributed by atoms with Gasteiger partial charge in [0.1, 0.15) is 17.2 Å². The quantitative estimate of drug-likeness (QED) is 0.577. The van der Waals surface area contributed by atoms with Crippen molar-refractivity contribution < 1.29 is 26.3 Å². The third kappa shape index (κ3) is 3.58. The Morgan fingerprint density at radius 1 is 0.909 bits per heavy atom. The maximum absolute atomic E-state index is 14.2. The number of halogens is 6. The van der Waals surface area contributed by atoms with Gasteiger partial charge in [-0.2, -0.15) is 26.3 Å². The number of H-pyrrole nitrogens is 1. The number of aliphatic imine (C=N–C) groups is 1. The highest BCUT2D eigenvalue weighted by molar-refractivity contribution is 6.09. The number of nitrogens with one attached hydrogen (secondary N) is 2. The number of aromatic amines is 1. The fourth-order valence-corrected chi connectivity index (χ4v) is 3.51. The number of anilines is 1. The first-order valence-corrected chi connectivity index (χ1v) is 9.29. The first kappa shape index (κ1) is 22.3. The van der Waals surface area contributed by atoms with Crippen molar-refractivity contribution in [2.24, 2.45) is 4.99 Å². The van der Waals surface area contributed by atoms with E-state index in [-0.39, 0.29) is 11.3 Å². The van der Waals surface area contributed by atoms with E-state index in [0.717, 1.165) is 0 Å². The molecule has 1 aliphatic rings. The third-order valence-electron chi connectivity index (χ3n) is 4.99. The summed E-state index contributed by atoms with van der Waals surface area (Å²) in [5.74, 6) is -1.78. The molecule has 4 rings (SSSR count). The molecule has 3 aromatic rings. The normalized spacial score (nSPS) is 15.4. The maximum Gasteiger partial charge on any atom is 0.427 e. The topological polar surface area (TPSA) is 92.1 Å². The van der Waals surface area contributed by atoms with Crippen LogP contribution in [-0.2, 0) is 12.1 Å². The molecule has 1 aromatic carbocycles. The van der Waals surface area contributed by atoms with Crippen LogP contribution in [0.1, 0.15) is 16.8 Å². The second kappa shape index (κ2) is 7.60. The summed E-state index contributed by atoms with van der Waals surface area (Å²) in [6.07, 6.45) is -10.8. The molecule has 7 nitrogen and oxygen atoms in total. The van der Waals surface area contributed by atoms with Gasteiger partial charge in [0.2, 0.25) is 0 Å². The number of benzene rings is 1. The van der Waals surface area contributed by atoms with Crippen LogP contribution in [0.4, 0.5) is 32.2 Å². The van der Waals surface area contributed by atoms with Crippen LogP contribution in [0.5, 0.6) is 0 Å². The fraction of sp³-hybridized carbons (Fsp3) is 0.200. The Balaban J connectivity index is 2.10. The minimum Gasteiger partial charge on any atom is -0.326 e. The number of nitrogens with zero attached hydrogens (tertiary/aromatic N) is 3. The number of hydrogen-bond donors (Lipinski definition) is 2. The molecule has 0 fully saturated rings.